The minimum Gasteiger partial charge on any atom is -0.489 e. The van der Waals surface area contributed by atoms with Gasteiger partial charge in [-0.1, -0.05) is 75.0 Å². The standard InChI is InChI=1S/C30H20BrCl3N2O3/c31-23-5-1-19(2-6-23)17-39-29-12-3-20(14-28(29)34)13-22(16-35)30(37)36-25-8-10-26(11-9-25)38-18-21-4-7-24(32)15-27(21)33/h1-15H,17-18H2,(H,36,37)/b22-13+. The molecular weight excluding hydrogens is 623 g/mol. The summed E-state index contributed by atoms with van der Waals surface area (Å²) in [7, 11) is 0. The number of hydrogen-bond acceptors (Lipinski definition) is 4. The van der Waals surface area contributed by atoms with Gasteiger partial charge in [-0.25, -0.2) is 0 Å². The lowest BCUT2D eigenvalue weighted by molar-refractivity contribution is -0.112. The first-order chi connectivity index (χ1) is 18.8. The molecule has 0 aliphatic heterocycles. The fourth-order valence-electron chi connectivity index (χ4n) is 3.41. The molecule has 0 aromatic heterocycles. The Labute approximate surface area is 249 Å². The van der Waals surface area contributed by atoms with E-state index in [1.807, 2.05) is 30.3 Å². The van der Waals surface area contributed by atoms with Crippen LogP contribution in [-0.4, -0.2) is 5.91 Å². The van der Waals surface area contributed by atoms with E-state index in [9.17, 15) is 10.1 Å². The number of nitriles is 1. The second kappa shape index (κ2) is 13.5. The number of carbonyl (C=O) groups is 1. The van der Waals surface area contributed by atoms with Crippen molar-refractivity contribution in [2.75, 3.05) is 5.32 Å². The van der Waals surface area contributed by atoms with E-state index < -0.39 is 5.91 Å². The predicted octanol–water partition coefficient (Wildman–Crippen LogP) is 9.11. The highest BCUT2D eigenvalue weighted by molar-refractivity contribution is 9.10. The smallest absolute Gasteiger partial charge is 0.266 e. The lowest BCUT2D eigenvalue weighted by atomic mass is 10.1. The molecule has 1 amide bonds. The van der Waals surface area contributed by atoms with Gasteiger partial charge < -0.3 is 14.8 Å². The van der Waals surface area contributed by atoms with Crippen molar-refractivity contribution in [3.05, 3.63) is 127 Å². The van der Waals surface area contributed by atoms with Gasteiger partial charge in [-0.3, -0.25) is 4.79 Å². The number of nitrogens with one attached hydrogen (secondary N) is 1. The van der Waals surface area contributed by atoms with Gasteiger partial charge in [-0.05, 0) is 77.9 Å². The second-order valence-electron chi connectivity index (χ2n) is 8.28. The highest BCUT2D eigenvalue weighted by atomic mass is 79.9. The van der Waals surface area contributed by atoms with Crippen molar-refractivity contribution in [3.8, 4) is 17.6 Å². The molecule has 0 unspecified atom stereocenters. The van der Waals surface area contributed by atoms with Crippen molar-refractivity contribution in [2.45, 2.75) is 13.2 Å². The lowest BCUT2D eigenvalue weighted by Crippen LogP contribution is -2.13. The number of anilines is 1. The van der Waals surface area contributed by atoms with Gasteiger partial charge in [-0.2, -0.15) is 5.26 Å². The Kier molecular flexibility index (Phi) is 9.91. The van der Waals surface area contributed by atoms with E-state index in [-0.39, 0.29) is 12.2 Å². The van der Waals surface area contributed by atoms with E-state index in [2.05, 4.69) is 21.2 Å². The van der Waals surface area contributed by atoms with Crippen molar-refractivity contribution in [1.29, 1.82) is 5.26 Å². The Morgan fingerprint density at radius 2 is 1.62 bits per heavy atom. The molecule has 0 aliphatic rings. The molecule has 4 aromatic rings. The Bertz CT molecular complexity index is 1550. The molecule has 0 saturated carbocycles. The molecule has 39 heavy (non-hydrogen) atoms. The SMILES string of the molecule is N#C/C(=C\c1ccc(OCc2ccc(Br)cc2)c(Cl)c1)C(=O)Nc1ccc(OCc2ccc(Cl)cc2Cl)cc1. The Morgan fingerprint density at radius 3 is 2.28 bits per heavy atom. The number of hydrogen-bond donors (Lipinski definition) is 1. The maximum absolute atomic E-state index is 12.7. The molecule has 4 aromatic carbocycles. The van der Waals surface area contributed by atoms with Crippen LogP contribution in [0.3, 0.4) is 0 Å². The topological polar surface area (TPSA) is 71.3 Å². The van der Waals surface area contributed by atoms with Crippen LogP contribution >= 0.6 is 50.7 Å². The van der Waals surface area contributed by atoms with E-state index in [4.69, 9.17) is 44.3 Å². The van der Waals surface area contributed by atoms with Crippen LogP contribution in [0.1, 0.15) is 16.7 Å². The maximum Gasteiger partial charge on any atom is 0.266 e. The van der Waals surface area contributed by atoms with Gasteiger partial charge >= 0.3 is 0 Å². The molecular formula is C30H20BrCl3N2O3. The molecule has 0 fully saturated rings. The number of nitrogens with zero attached hydrogens (tertiary/aromatic N) is 1. The Morgan fingerprint density at radius 1 is 0.872 bits per heavy atom. The van der Waals surface area contributed by atoms with Gasteiger partial charge in [0.25, 0.3) is 5.91 Å². The fraction of sp³-hybridized carbons (Fsp3) is 0.0667. The van der Waals surface area contributed by atoms with Crippen molar-refractivity contribution >= 4 is 68.4 Å². The van der Waals surface area contributed by atoms with Gasteiger partial charge in [0, 0.05) is 25.8 Å². The van der Waals surface area contributed by atoms with Crippen LogP contribution < -0.4 is 14.8 Å². The van der Waals surface area contributed by atoms with E-state index in [0.717, 1.165) is 15.6 Å². The average molecular weight is 643 g/mol. The summed E-state index contributed by atoms with van der Waals surface area (Å²) in [5.74, 6) is 0.540. The first kappa shape index (κ1) is 28.5. The molecule has 4 rings (SSSR count). The van der Waals surface area contributed by atoms with Gasteiger partial charge in [0.1, 0.15) is 36.4 Å². The van der Waals surface area contributed by atoms with E-state index >= 15 is 0 Å². The molecule has 0 radical (unpaired) electrons. The summed E-state index contributed by atoms with van der Waals surface area (Å²) in [6.07, 6.45) is 1.47. The highest BCUT2D eigenvalue weighted by Crippen LogP contribution is 2.28. The van der Waals surface area contributed by atoms with Crippen molar-refractivity contribution < 1.29 is 14.3 Å². The zero-order valence-corrected chi connectivity index (χ0v) is 24.1. The summed E-state index contributed by atoms with van der Waals surface area (Å²) in [4.78, 5) is 12.7. The number of amides is 1. The summed E-state index contributed by atoms with van der Waals surface area (Å²) >= 11 is 21.9. The van der Waals surface area contributed by atoms with Crippen LogP contribution in [0.2, 0.25) is 15.1 Å². The number of carbonyl (C=O) groups excluding carboxylic acids is 1. The summed E-state index contributed by atoms with van der Waals surface area (Å²) in [5, 5.41) is 13.7. The molecule has 0 aliphatic carbocycles. The molecule has 5 nitrogen and oxygen atoms in total. The Hall–Kier alpha value is -3.47. The summed E-state index contributed by atoms with van der Waals surface area (Å²) in [6, 6.07) is 26.8. The average Bonchev–Trinajstić information content (AvgIpc) is 2.92. The molecule has 0 atom stereocenters. The molecule has 196 valence electrons. The molecule has 0 spiro atoms. The van der Waals surface area contributed by atoms with Crippen LogP contribution in [0.5, 0.6) is 11.5 Å². The lowest BCUT2D eigenvalue weighted by Gasteiger charge is -2.10. The first-order valence-corrected chi connectivity index (χ1v) is 13.5. The van der Waals surface area contributed by atoms with Gasteiger partial charge in [0.15, 0.2) is 0 Å². The summed E-state index contributed by atoms with van der Waals surface area (Å²) in [6.45, 7) is 0.617. The largest absolute Gasteiger partial charge is 0.489 e. The minimum atomic E-state index is -0.550. The molecule has 1 N–H and O–H groups in total. The third-order valence-electron chi connectivity index (χ3n) is 5.46. The summed E-state index contributed by atoms with van der Waals surface area (Å²) in [5.41, 5.74) is 2.81. The zero-order chi connectivity index (χ0) is 27.8. The first-order valence-electron chi connectivity index (χ1n) is 11.6. The van der Waals surface area contributed by atoms with Crippen molar-refractivity contribution in [1.82, 2.24) is 0 Å². The van der Waals surface area contributed by atoms with E-state index in [0.29, 0.717) is 44.4 Å². The molecule has 0 bridgehead atoms. The third-order valence-corrected chi connectivity index (χ3v) is 6.87. The van der Waals surface area contributed by atoms with Crippen LogP contribution in [-0.2, 0) is 18.0 Å². The number of benzene rings is 4. The Balaban J connectivity index is 1.35. The van der Waals surface area contributed by atoms with Gasteiger partial charge in [-0.15, -0.1) is 0 Å². The fourth-order valence-corrected chi connectivity index (χ4v) is 4.38. The number of ether oxygens (including phenoxy) is 2. The van der Waals surface area contributed by atoms with Crippen LogP contribution in [0.25, 0.3) is 6.08 Å². The van der Waals surface area contributed by atoms with Crippen LogP contribution in [0, 0.1) is 11.3 Å². The molecule has 0 saturated heterocycles. The van der Waals surface area contributed by atoms with Crippen LogP contribution in [0.4, 0.5) is 5.69 Å². The van der Waals surface area contributed by atoms with Gasteiger partial charge in [0.2, 0.25) is 0 Å². The predicted molar refractivity (Wildman–Crippen MR) is 159 cm³/mol. The summed E-state index contributed by atoms with van der Waals surface area (Å²) < 4.78 is 12.5. The monoisotopic (exact) mass is 640 g/mol. The van der Waals surface area contributed by atoms with Crippen molar-refractivity contribution in [3.63, 3.8) is 0 Å². The van der Waals surface area contributed by atoms with E-state index in [1.54, 1.807) is 60.7 Å². The third kappa shape index (κ3) is 8.26. The highest BCUT2D eigenvalue weighted by Gasteiger charge is 2.11. The minimum absolute atomic E-state index is 0.0766. The number of rotatable bonds is 9. The van der Waals surface area contributed by atoms with Crippen LogP contribution in [0.15, 0.2) is 95.0 Å². The van der Waals surface area contributed by atoms with Crippen molar-refractivity contribution in [2.24, 2.45) is 0 Å². The zero-order valence-electron chi connectivity index (χ0n) is 20.3. The second-order valence-corrected chi connectivity index (χ2v) is 10.4. The normalized spacial score (nSPS) is 11.0. The molecule has 0 heterocycles. The van der Waals surface area contributed by atoms with E-state index in [1.165, 1.54) is 6.08 Å². The molecule has 9 heteroatoms. The van der Waals surface area contributed by atoms with Gasteiger partial charge in [0.05, 0.1) is 5.02 Å². The quantitative estimate of drug-likeness (QED) is 0.146. The number of halogens is 4. The maximum atomic E-state index is 12.7.